The summed E-state index contributed by atoms with van der Waals surface area (Å²) in [5, 5.41) is 2.87. The van der Waals surface area contributed by atoms with Crippen LogP contribution in [0.4, 0.5) is 0 Å². The van der Waals surface area contributed by atoms with Crippen LogP contribution in [0.15, 0.2) is 30.3 Å². The maximum absolute atomic E-state index is 11.6. The molecular formula is C13H17NO4S. The van der Waals surface area contributed by atoms with Crippen molar-refractivity contribution in [2.75, 3.05) is 6.26 Å². The quantitative estimate of drug-likeness (QED) is 0.844. The van der Waals surface area contributed by atoms with Gasteiger partial charge in [-0.1, -0.05) is 30.3 Å². The van der Waals surface area contributed by atoms with Gasteiger partial charge in [0.25, 0.3) is 10.1 Å². The van der Waals surface area contributed by atoms with Crippen molar-refractivity contribution in [3.63, 3.8) is 0 Å². The number of nitrogens with one attached hydrogen (secondary N) is 1. The van der Waals surface area contributed by atoms with Gasteiger partial charge in [0.15, 0.2) is 0 Å². The summed E-state index contributed by atoms with van der Waals surface area (Å²) >= 11 is 0. The van der Waals surface area contributed by atoms with Gasteiger partial charge in [-0.3, -0.25) is 8.98 Å². The molecule has 0 aromatic heterocycles. The third-order valence-corrected chi connectivity index (χ3v) is 3.91. The van der Waals surface area contributed by atoms with Gasteiger partial charge >= 0.3 is 0 Å². The standard InChI is InChI=1S/C13H17NO4S/c1-9(18-19(2,16)17)11-8-12(15)14-13(11)10-6-4-3-5-7-10/h3-7,9,11,13H,8H2,1-2H3,(H,14,15)/t9-,11-,13+/m1/s1. The fraction of sp³-hybridized carbons (Fsp3) is 0.462. The Bertz CT molecular complexity index is 555. The Morgan fingerprint density at radius 3 is 2.53 bits per heavy atom. The number of rotatable bonds is 4. The van der Waals surface area contributed by atoms with E-state index in [1.807, 2.05) is 30.3 Å². The van der Waals surface area contributed by atoms with Gasteiger partial charge in [-0.15, -0.1) is 0 Å². The lowest BCUT2D eigenvalue weighted by Gasteiger charge is -2.24. The first-order valence-corrected chi connectivity index (χ1v) is 7.91. The second-order valence-electron chi connectivity index (χ2n) is 4.83. The van der Waals surface area contributed by atoms with Gasteiger partial charge in [0, 0.05) is 12.3 Å². The van der Waals surface area contributed by atoms with Crippen molar-refractivity contribution >= 4 is 16.0 Å². The molecule has 1 aromatic carbocycles. The van der Waals surface area contributed by atoms with Crippen LogP contribution >= 0.6 is 0 Å². The smallest absolute Gasteiger partial charge is 0.264 e. The molecule has 5 nitrogen and oxygen atoms in total. The van der Waals surface area contributed by atoms with Crippen molar-refractivity contribution in [1.82, 2.24) is 5.32 Å². The zero-order chi connectivity index (χ0) is 14.0. The molecular weight excluding hydrogens is 266 g/mol. The molecule has 1 heterocycles. The largest absolute Gasteiger partial charge is 0.349 e. The summed E-state index contributed by atoms with van der Waals surface area (Å²) in [6.45, 7) is 1.68. The van der Waals surface area contributed by atoms with Crippen molar-refractivity contribution in [2.24, 2.45) is 5.92 Å². The molecule has 1 aliphatic heterocycles. The number of benzene rings is 1. The Morgan fingerprint density at radius 1 is 1.32 bits per heavy atom. The Morgan fingerprint density at radius 2 is 1.95 bits per heavy atom. The minimum absolute atomic E-state index is 0.0807. The monoisotopic (exact) mass is 283 g/mol. The zero-order valence-electron chi connectivity index (χ0n) is 10.9. The molecule has 1 aliphatic rings. The van der Waals surface area contributed by atoms with Gasteiger partial charge in [0.2, 0.25) is 5.91 Å². The van der Waals surface area contributed by atoms with Crippen LogP contribution in [0.25, 0.3) is 0 Å². The second-order valence-corrected chi connectivity index (χ2v) is 6.43. The second kappa shape index (κ2) is 5.30. The molecule has 0 spiro atoms. The van der Waals surface area contributed by atoms with Crippen LogP contribution in [0.1, 0.15) is 24.9 Å². The lowest BCUT2D eigenvalue weighted by molar-refractivity contribution is -0.119. The first-order chi connectivity index (χ1) is 8.87. The van der Waals surface area contributed by atoms with Gasteiger partial charge in [-0.05, 0) is 12.5 Å². The molecule has 0 radical (unpaired) electrons. The number of hydrogen-bond acceptors (Lipinski definition) is 4. The van der Waals surface area contributed by atoms with Crippen molar-refractivity contribution in [2.45, 2.75) is 25.5 Å². The predicted molar refractivity (Wildman–Crippen MR) is 70.8 cm³/mol. The fourth-order valence-corrected chi connectivity index (χ4v) is 3.14. The van der Waals surface area contributed by atoms with Crippen molar-refractivity contribution in [3.05, 3.63) is 35.9 Å². The summed E-state index contributed by atoms with van der Waals surface area (Å²) in [6.07, 6.45) is 0.751. The minimum atomic E-state index is -3.52. The van der Waals surface area contributed by atoms with E-state index in [-0.39, 0.29) is 24.3 Å². The van der Waals surface area contributed by atoms with E-state index in [1.54, 1.807) is 6.92 Å². The van der Waals surface area contributed by atoms with Crippen LogP contribution in [0.2, 0.25) is 0 Å². The van der Waals surface area contributed by atoms with E-state index in [1.165, 1.54) is 0 Å². The molecule has 0 aliphatic carbocycles. The maximum atomic E-state index is 11.6. The van der Waals surface area contributed by atoms with Gasteiger partial charge in [0.1, 0.15) is 0 Å². The summed E-state index contributed by atoms with van der Waals surface area (Å²) in [5.74, 6) is -0.271. The Hall–Kier alpha value is -1.40. The van der Waals surface area contributed by atoms with E-state index >= 15 is 0 Å². The van der Waals surface area contributed by atoms with Crippen molar-refractivity contribution < 1.29 is 17.4 Å². The van der Waals surface area contributed by atoms with E-state index in [0.717, 1.165) is 11.8 Å². The SMILES string of the molecule is C[C@@H](OS(C)(=O)=O)[C@H]1CC(=O)N[C@H]1c1ccccc1. The highest BCUT2D eigenvalue weighted by molar-refractivity contribution is 7.86. The molecule has 1 amide bonds. The molecule has 1 saturated heterocycles. The Labute approximate surface area is 113 Å². The lowest BCUT2D eigenvalue weighted by atomic mass is 9.90. The van der Waals surface area contributed by atoms with Crippen LogP contribution in [0.3, 0.4) is 0 Å². The number of hydrogen-bond donors (Lipinski definition) is 1. The maximum Gasteiger partial charge on any atom is 0.264 e. The first-order valence-electron chi connectivity index (χ1n) is 6.09. The number of carbonyl (C=O) groups is 1. The van der Waals surface area contributed by atoms with Crippen LogP contribution in [-0.2, 0) is 19.1 Å². The van der Waals surface area contributed by atoms with Gasteiger partial charge in [0.05, 0.1) is 18.4 Å². The van der Waals surface area contributed by atoms with Crippen LogP contribution in [0.5, 0.6) is 0 Å². The number of carbonyl (C=O) groups excluding carboxylic acids is 1. The highest BCUT2D eigenvalue weighted by atomic mass is 32.2. The molecule has 6 heteroatoms. The van der Waals surface area contributed by atoms with Crippen LogP contribution in [0, 0.1) is 5.92 Å². The van der Waals surface area contributed by atoms with E-state index in [9.17, 15) is 13.2 Å². The predicted octanol–water partition coefficient (Wildman–Crippen LogP) is 1.23. The molecule has 1 fully saturated rings. The summed E-state index contributed by atoms with van der Waals surface area (Å²) in [7, 11) is -3.52. The molecule has 3 atom stereocenters. The van der Waals surface area contributed by atoms with Crippen LogP contribution < -0.4 is 5.32 Å². The van der Waals surface area contributed by atoms with Crippen molar-refractivity contribution in [3.8, 4) is 0 Å². The molecule has 1 N–H and O–H groups in total. The first kappa shape index (κ1) is 14.0. The molecule has 0 bridgehead atoms. The molecule has 19 heavy (non-hydrogen) atoms. The third kappa shape index (κ3) is 3.54. The van der Waals surface area contributed by atoms with Gasteiger partial charge in [-0.2, -0.15) is 8.42 Å². The lowest BCUT2D eigenvalue weighted by Crippen LogP contribution is -2.29. The van der Waals surface area contributed by atoms with E-state index in [0.29, 0.717) is 0 Å². The number of amides is 1. The topological polar surface area (TPSA) is 72.5 Å². The summed E-state index contributed by atoms with van der Waals surface area (Å²) < 4.78 is 27.4. The normalized spacial score (nSPS) is 25.1. The van der Waals surface area contributed by atoms with Gasteiger partial charge < -0.3 is 5.32 Å². The van der Waals surface area contributed by atoms with Gasteiger partial charge in [-0.25, -0.2) is 0 Å². The summed E-state index contributed by atoms with van der Waals surface area (Å²) in [6, 6.07) is 9.29. The van der Waals surface area contributed by atoms with E-state index in [4.69, 9.17) is 4.18 Å². The third-order valence-electron chi connectivity index (χ3n) is 3.25. The molecule has 0 unspecified atom stereocenters. The van der Waals surface area contributed by atoms with E-state index < -0.39 is 16.2 Å². The molecule has 1 aromatic rings. The average Bonchev–Trinajstić information content (AvgIpc) is 2.70. The average molecular weight is 283 g/mol. The molecule has 104 valence electrons. The molecule has 0 saturated carbocycles. The Balaban J connectivity index is 2.21. The molecule has 2 rings (SSSR count). The zero-order valence-corrected chi connectivity index (χ0v) is 11.7. The van der Waals surface area contributed by atoms with Crippen LogP contribution in [-0.4, -0.2) is 26.7 Å². The highest BCUT2D eigenvalue weighted by Crippen LogP contribution is 2.34. The Kier molecular flexibility index (Phi) is 3.91. The summed E-state index contributed by atoms with van der Waals surface area (Å²) in [5.41, 5.74) is 0.960. The highest BCUT2D eigenvalue weighted by Gasteiger charge is 2.38. The summed E-state index contributed by atoms with van der Waals surface area (Å²) in [4.78, 5) is 11.6. The minimum Gasteiger partial charge on any atom is -0.349 e. The van der Waals surface area contributed by atoms with E-state index in [2.05, 4.69) is 5.32 Å². The van der Waals surface area contributed by atoms with Crippen molar-refractivity contribution in [1.29, 1.82) is 0 Å². The fourth-order valence-electron chi connectivity index (χ4n) is 2.45.